The maximum Gasteiger partial charge on any atom is 0.165 e. The number of aryl methyl sites for hydroxylation is 1. The summed E-state index contributed by atoms with van der Waals surface area (Å²) in [4.78, 5) is 2.25. The summed E-state index contributed by atoms with van der Waals surface area (Å²) in [5.41, 5.74) is 5.57. The number of aromatic hydroxyl groups is 1. The first-order valence-electron chi connectivity index (χ1n) is 12.8. The smallest absolute Gasteiger partial charge is 0.165 e. The molecule has 0 amide bonds. The molecule has 0 bridgehead atoms. The van der Waals surface area contributed by atoms with Gasteiger partial charge in [-0.05, 0) is 91.7 Å². The number of hydrogen-bond acceptors (Lipinski definition) is 6. The minimum Gasteiger partial charge on any atom is -0.508 e. The molecule has 3 aromatic rings. The Morgan fingerprint density at radius 3 is 2.49 bits per heavy atom. The van der Waals surface area contributed by atoms with Crippen molar-refractivity contribution in [3.05, 3.63) is 76.6 Å². The fraction of sp³-hybridized carbons (Fsp3) is 0.400. The average Bonchev–Trinajstić information content (AvgIpc) is 2.92. The van der Waals surface area contributed by atoms with Gasteiger partial charge in [-0.15, -0.1) is 0 Å². The first-order chi connectivity index (χ1) is 18.0. The summed E-state index contributed by atoms with van der Waals surface area (Å²) in [7, 11) is 5.13. The summed E-state index contributed by atoms with van der Waals surface area (Å²) >= 11 is 0. The Hall–Kier alpha value is -3.45. The van der Waals surface area contributed by atoms with E-state index in [2.05, 4.69) is 23.2 Å². The van der Waals surface area contributed by atoms with Crippen molar-refractivity contribution < 1.29 is 23.7 Å². The van der Waals surface area contributed by atoms with Crippen molar-refractivity contribution in [3.8, 4) is 23.0 Å². The zero-order valence-corrected chi connectivity index (χ0v) is 22.1. The number of hydrogen-bond donors (Lipinski definition) is 2. The lowest BCUT2D eigenvalue weighted by molar-refractivity contribution is 0.302. The maximum atomic E-state index is 14.8. The molecule has 0 aromatic heterocycles. The molecule has 0 fully saturated rings. The van der Waals surface area contributed by atoms with Gasteiger partial charge in [0.25, 0.3) is 0 Å². The van der Waals surface area contributed by atoms with Gasteiger partial charge in [0, 0.05) is 31.4 Å². The quantitative estimate of drug-likeness (QED) is 0.336. The molecule has 0 radical (unpaired) electrons. The van der Waals surface area contributed by atoms with Crippen LogP contribution in [0.15, 0.2) is 48.5 Å². The summed E-state index contributed by atoms with van der Waals surface area (Å²) in [6, 6.07) is 15.0. The molecule has 1 aliphatic rings. The van der Waals surface area contributed by atoms with Crippen LogP contribution in [0.4, 0.5) is 10.1 Å². The largest absolute Gasteiger partial charge is 0.508 e. The normalized spacial score (nSPS) is 14.7. The maximum absolute atomic E-state index is 14.8. The molecule has 2 N–H and O–H groups in total. The number of fused-ring (bicyclic) bond motifs is 1. The van der Waals surface area contributed by atoms with Crippen LogP contribution in [-0.2, 0) is 19.4 Å². The van der Waals surface area contributed by atoms with Crippen molar-refractivity contribution in [2.24, 2.45) is 0 Å². The van der Waals surface area contributed by atoms with Gasteiger partial charge in [-0.1, -0.05) is 12.1 Å². The second-order valence-electron chi connectivity index (χ2n) is 9.39. The highest BCUT2D eigenvalue weighted by Crippen LogP contribution is 2.43. The van der Waals surface area contributed by atoms with Crippen LogP contribution < -0.4 is 24.4 Å². The number of nitrogens with zero attached hydrogens (tertiary/aromatic N) is 1. The predicted octanol–water partition coefficient (Wildman–Crippen LogP) is 5.45. The average molecular weight is 509 g/mol. The van der Waals surface area contributed by atoms with Crippen LogP contribution in [0.2, 0.25) is 0 Å². The topological polar surface area (TPSA) is 63.2 Å². The van der Waals surface area contributed by atoms with Gasteiger partial charge in [0.15, 0.2) is 23.1 Å². The number of phenols is 1. The molecule has 0 aliphatic heterocycles. The van der Waals surface area contributed by atoms with Crippen LogP contribution in [0.25, 0.3) is 0 Å². The Kier molecular flexibility index (Phi) is 8.77. The molecule has 1 atom stereocenters. The third-order valence-electron chi connectivity index (χ3n) is 7.09. The Morgan fingerprint density at radius 2 is 1.78 bits per heavy atom. The van der Waals surface area contributed by atoms with Gasteiger partial charge in [-0.25, -0.2) is 4.39 Å². The first kappa shape index (κ1) is 26.6. The number of rotatable bonds is 11. The molecule has 198 valence electrons. The van der Waals surface area contributed by atoms with E-state index in [0.29, 0.717) is 36.9 Å². The zero-order chi connectivity index (χ0) is 26.4. The van der Waals surface area contributed by atoms with Gasteiger partial charge < -0.3 is 29.5 Å². The van der Waals surface area contributed by atoms with Crippen LogP contribution >= 0.6 is 0 Å². The minimum atomic E-state index is -0.357. The van der Waals surface area contributed by atoms with Crippen LogP contribution in [0, 0.1) is 5.82 Å². The van der Waals surface area contributed by atoms with Gasteiger partial charge in [0.05, 0.1) is 14.2 Å². The Labute approximate surface area is 219 Å². The highest BCUT2D eigenvalue weighted by atomic mass is 19.1. The van der Waals surface area contributed by atoms with Crippen LogP contribution in [0.3, 0.4) is 0 Å². The Bertz CT molecular complexity index is 1220. The summed E-state index contributed by atoms with van der Waals surface area (Å²) in [5, 5.41) is 12.9. The van der Waals surface area contributed by atoms with Gasteiger partial charge in [-0.2, -0.15) is 0 Å². The van der Waals surface area contributed by atoms with Gasteiger partial charge in [0.2, 0.25) is 0 Å². The number of phenolic OH excluding ortho intramolecular Hbond substituents is 1. The molecular formula is C30H37FN2O4. The zero-order valence-electron chi connectivity index (χ0n) is 22.1. The highest BCUT2D eigenvalue weighted by molar-refractivity contribution is 5.64. The number of ether oxygens (including phenoxy) is 3. The van der Waals surface area contributed by atoms with E-state index in [4.69, 9.17) is 14.2 Å². The summed E-state index contributed by atoms with van der Waals surface area (Å²) < 4.78 is 31.6. The fourth-order valence-corrected chi connectivity index (χ4v) is 5.10. The van der Waals surface area contributed by atoms with E-state index < -0.39 is 0 Å². The van der Waals surface area contributed by atoms with E-state index in [-0.39, 0.29) is 17.5 Å². The van der Waals surface area contributed by atoms with E-state index >= 15 is 0 Å². The monoisotopic (exact) mass is 508 g/mol. The van der Waals surface area contributed by atoms with Crippen molar-refractivity contribution in [1.82, 2.24) is 5.32 Å². The minimum absolute atomic E-state index is 0.265. The molecule has 0 saturated carbocycles. The molecule has 4 rings (SSSR count). The van der Waals surface area contributed by atoms with E-state index in [1.165, 1.54) is 16.7 Å². The molecule has 0 unspecified atom stereocenters. The lowest BCUT2D eigenvalue weighted by atomic mass is 9.79. The van der Waals surface area contributed by atoms with Crippen LogP contribution in [-0.4, -0.2) is 46.1 Å². The van der Waals surface area contributed by atoms with Crippen molar-refractivity contribution in [3.63, 3.8) is 0 Å². The second kappa shape index (κ2) is 12.2. The number of likely N-dealkylation sites (N-methyl/N-ethyl adjacent to an activating group) is 1. The number of nitrogens with one attached hydrogen (secondary N) is 1. The van der Waals surface area contributed by atoms with Crippen LogP contribution in [0.1, 0.15) is 41.5 Å². The molecule has 37 heavy (non-hydrogen) atoms. The predicted molar refractivity (Wildman–Crippen MR) is 145 cm³/mol. The molecule has 7 heteroatoms. The Balaban J connectivity index is 1.65. The molecular weight excluding hydrogens is 471 g/mol. The van der Waals surface area contributed by atoms with Crippen molar-refractivity contribution in [2.45, 2.75) is 38.6 Å². The number of halogens is 1. The fourth-order valence-electron chi connectivity index (χ4n) is 5.10. The second-order valence-corrected chi connectivity index (χ2v) is 9.39. The first-order valence-corrected chi connectivity index (χ1v) is 12.8. The SMILES string of the molecule is CCN(Cc1ccc(OCCNC)c(F)c1)c1cc(OC)c(OC)cc1[C@@H]1CCc2cc(O)ccc2C1. The van der Waals surface area contributed by atoms with E-state index in [9.17, 15) is 9.50 Å². The van der Waals surface area contributed by atoms with Crippen molar-refractivity contribution in [2.75, 3.05) is 45.9 Å². The van der Waals surface area contributed by atoms with E-state index in [0.717, 1.165) is 37.1 Å². The summed E-state index contributed by atoms with van der Waals surface area (Å²) in [6.07, 6.45) is 2.74. The van der Waals surface area contributed by atoms with Crippen molar-refractivity contribution in [1.29, 1.82) is 0 Å². The molecule has 6 nitrogen and oxygen atoms in total. The lowest BCUT2D eigenvalue weighted by Crippen LogP contribution is -2.25. The molecule has 1 aliphatic carbocycles. The molecule has 0 spiro atoms. The third kappa shape index (κ3) is 6.10. The van der Waals surface area contributed by atoms with E-state index in [1.54, 1.807) is 32.4 Å². The number of anilines is 1. The molecule has 0 heterocycles. The van der Waals surface area contributed by atoms with Crippen LogP contribution in [0.5, 0.6) is 23.0 Å². The summed E-state index contributed by atoms with van der Waals surface area (Å²) in [5.74, 6) is 1.86. The third-order valence-corrected chi connectivity index (χ3v) is 7.09. The highest BCUT2D eigenvalue weighted by Gasteiger charge is 2.26. The number of benzene rings is 3. The van der Waals surface area contributed by atoms with Gasteiger partial charge in [0.1, 0.15) is 12.4 Å². The molecule has 0 saturated heterocycles. The van der Waals surface area contributed by atoms with E-state index in [1.807, 2.05) is 31.3 Å². The lowest BCUT2D eigenvalue weighted by Gasteiger charge is -2.32. The molecule has 3 aromatic carbocycles. The number of methoxy groups -OCH3 is 2. The van der Waals surface area contributed by atoms with Gasteiger partial charge in [-0.3, -0.25) is 0 Å². The standard InChI is InChI=1S/C30H37FN2O4/c1-5-33(19-20-6-11-28(26(31)14-20)37-13-12-32-2)27-18-30(36-4)29(35-3)17-25(27)23-8-7-22-16-24(34)10-9-21(22)15-23/h6,9-11,14,16-18,23,32,34H,5,7-8,12-13,15,19H2,1-4H3/t23-/m1/s1. The van der Waals surface area contributed by atoms with Crippen molar-refractivity contribution >= 4 is 5.69 Å². The van der Waals surface area contributed by atoms with Gasteiger partial charge >= 0.3 is 0 Å². The Morgan fingerprint density at radius 1 is 1.00 bits per heavy atom. The summed E-state index contributed by atoms with van der Waals surface area (Å²) in [6.45, 7) is 4.45.